The van der Waals surface area contributed by atoms with Crippen LogP contribution in [0.2, 0.25) is 0 Å². The predicted molar refractivity (Wildman–Crippen MR) is 455 cm³/mol. The van der Waals surface area contributed by atoms with Crippen LogP contribution in [0.1, 0.15) is 265 Å². The Bertz CT molecular complexity index is 4310. The quantitative estimate of drug-likeness (QED) is 0.0155. The van der Waals surface area contributed by atoms with Crippen molar-refractivity contribution in [2.75, 3.05) is 39.6 Å². The highest BCUT2D eigenvalue weighted by atomic mass is 19.2. The molecule has 12 nitrogen and oxygen atoms in total. The van der Waals surface area contributed by atoms with E-state index in [2.05, 4.69) is 41.5 Å². The van der Waals surface area contributed by atoms with Gasteiger partial charge in [0, 0.05) is 0 Å². The highest BCUT2D eigenvalue weighted by Gasteiger charge is 2.23. The van der Waals surface area contributed by atoms with Crippen molar-refractivity contribution in [1.82, 2.24) is 0 Å². The van der Waals surface area contributed by atoms with Crippen molar-refractivity contribution < 1.29 is 83.4 Å². The molecular formula is C99H120F6O12. The Morgan fingerprint density at radius 1 is 0.197 bits per heavy atom. The molecule has 0 radical (unpaired) electrons. The van der Waals surface area contributed by atoms with Crippen molar-refractivity contribution in [3.8, 4) is 85.1 Å². The van der Waals surface area contributed by atoms with E-state index in [9.17, 15) is 40.7 Å². The summed E-state index contributed by atoms with van der Waals surface area (Å²) in [4.78, 5) is 37.7. The molecule has 0 saturated heterocycles. The molecule has 0 heterocycles. The smallest absolute Gasteiger partial charge is 0.343 e. The molecule has 630 valence electrons. The molecule has 0 bridgehead atoms. The molecule has 0 spiro atoms. The number of carbonyl (C=O) groups is 3. The van der Waals surface area contributed by atoms with Crippen LogP contribution >= 0.6 is 0 Å². The average molecular weight is 1620 g/mol. The summed E-state index contributed by atoms with van der Waals surface area (Å²) in [5, 5.41) is 0. The van der Waals surface area contributed by atoms with Crippen molar-refractivity contribution >= 4 is 17.9 Å². The lowest BCUT2D eigenvalue weighted by molar-refractivity contribution is 0.0717. The van der Waals surface area contributed by atoms with Gasteiger partial charge in [0.1, 0.15) is 17.2 Å². The molecular weight excluding hydrogens is 1500 g/mol. The number of unbranched alkanes of at least 4 members (excludes halogenated alkanes) is 24. The Balaban J connectivity index is 0.000000243. The van der Waals surface area contributed by atoms with Gasteiger partial charge in [0.2, 0.25) is 34.9 Å². The summed E-state index contributed by atoms with van der Waals surface area (Å²) in [6.07, 6.45) is 33.3. The van der Waals surface area contributed by atoms with Crippen LogP contribution in [0.15, 0.2) is 182 Å². The van der Waals surface area contributed by atoms with Crippen LogP contribution in [0.3, 0.4) is 0 Å². The maximum absolute atomic E-state index is 14.6. The number of carbonyl (C=O) groups excluding carboxylic acids is 3. The van der Waals surface area contributed by atoms with Gasteiger partial charge in [-0.2, -0.15) is 26.3 Å². The maximum atomic E-state index is 14.6. The monoisotopic (exact) mass is 1610 g/mol. The molecule has 117 heavy (non-hydrogen) atoms. The Hall–Kier alpha value is -10.2. The van der Waals surface area contributed by atoms with E-state index in [4.69, 9.17) is 42.6 Å². The fraction of sp³-hybridized carbons (Fsp3) is 0.424. The van der Waals surface area contributed by atoms with E-state index in [1.54, 1.807) is 72.8 Å². The summed E-state index contributed by atoms with van der Waals surface area (Å²) >= 11 is 0. The van der Waals surface area contributed by atoms with Crippen molar-refractivity contribution in [3.63, 3.8) is 0 Å². The molecule has 9 rings (SSSR count). The lowest BCUT2D eigenvalue weighted by Gasteiger charge is -2.11. The van der Waals surface area contributed by atoms with Gasteiger partial charge in [0.15, 0.2) is 34.5 Å². The Morgan fingerprint density at radius 3 is 0.573 bits per heavy atom. The Morgan fingerprint density at radius 2 is 0.359 bits per heavy atom. The summed E-state index contributed by atoms with van der Waals surface area (Å²) in [5.74, 6) is -9.02. The number of ether oxygens (including phenoxy) is 9. The number of hydrogen-bond acceptors (Lipinski definition) is 12. The minimum Gasteiger partial charge on any atom is -0.494 e. The van der Waals surface area contributed by atoms with Gasteiger partial charge in [-0.25, -0.2) is 14.4 Å². The molecule has 9 aromatic rings. The van der Waals surface area contributed by atoms with Gasteiger partial charge in [-0.15, -0.1) is 0 Å². The zero-order valence-electron chi connectivity index (χ0n) is 69.4. The molecule has 0 N–H and O–H groups in total. The molecule has 0 unspecified atom stereocenters. The second-order valence-electron chi connectivity index (χ2n) is 29.1. The zero-order chi connectivity index (χ0) is 83.6. The first-order valence-corrected chi connectivity index (χ1v) is 42.6. The van der Waals surface area contributed by atoms with Crippen molar-refractivity contribution in [2.24, 2.45) is 0 Å². The summed E-state index contributed by atoms with van der Waals surface area (Å²) in [6, 6.07) is 51.2. The normalized spacial score (nSPS) is 10.9. The zero-order valence-corrected chi connectivity index (χ0v) is 69.4. The number of rotatable bonds is 51. The van der Waals surface area contributed by atoms with E-state index in [1.165, 1.54) is 113 Å². The van der Waals surface area contributed by atoms with Crippen LogP contribution in [-0.2, 0) is 0 Å². The van der Waals surface area contributed by atoms with Gasteiger partial charge >= 0.3 is 17.9 Å². The summed E-state index contributed by atoms with van der Waals surface area (Å²) in [7, 11) is 0. The fourth-order valence-corrected chi connectivity index (χ4v) is 12.6. The molecule has 0 aromatic heterocycles. The maximum Gasteiger partial charge on any atom is 0.343 e. The molecule has 9 aromatic carbocycles. The van der Waals surface area contributed by atoms with Gasteiger partial charge in [-0.1, -0.05) is 268 Å². The van der Waals surface area contributed by atoms with E-state index in [-0.39, 0.29) is 33.9 Å². The molecule has 0 saturated carbocycles. The van der Waals surface area contributed by atoms with E-state index < -0.39 is 70.1 Å². The van der Waals surface area contributed by atoms with Gasteiger partial charge < -0.3 is 42.6 Å². The van der Waals surface area contributed by atoms with E-state index in [0.717, 1.165) is 166 Å². The lowest BCUT2D eigenvalue weighted by Crippen LogP contribution is -2.10. The molecule has 0 atom stereocenters. The second kappa shape index (κ2) is 54.6. The topological polar surface area (TPSA) is 134 Å². The van der Waals surface area contributed by atoms with Gasteiger partial charge in [0.25, 0.3) is 0 Å². The summed E-state index contributed by atoms with van der Waals surface area (Å²) < 4.78 is 136. The van der Waals surface area contributed by atoms with Crippen molar-refractivity contribution in [1.29, 1.82) is 0 Å². The largest absolute Gasteiger partial charge is 0.494 e. The standard InChI is InChI=1S/C34H42F2O4.C33H40F2O4.C32H38F2O4/c1-3-5-7-9-11-12-24-38-29-20-18-27(19-21-29)26-14-16-28(17-15-26)34(37)40-31-23-22-30(32(35)33(31)36)39-25-13-10-8-6-4-2;1-3-5-7-9-11-23-37-28-19-17-26(18-20-28)25-13-15-27(16-14-25)33(36)39-30-22-21-29(31(34)32(30)35)38-24-12-10-8-6-4-2;1-3-5-7-9-11-23-37-28-20-21-29(31(34)30(28)33)38-32(35)26-14-12-24(13-15-26)25-16-18-27(19-17-25)36-22-10-8-6-4-2/h14-23H,3-13,24-25H2,1-2H3;13-22H,3-12,23-24H2,1-2H3;12-21H,3-11,22-23H2,1-2H3. The molecule has 0 aliphatic rings. The summed E-state index contributed by atoms with van der Waals surface area (Å²) in [6.45, 7) is 16.0. The van der Waals surface area contributed by atoms with E-state index in [1.807, 2.05) is 72.8 Å². The van der Waals surface area contributed by atoms with Crippen LogP contribution in [0.4, 0.5) is 26.3 Å². The molecule has 0 aliphatic heterocycles. The third-order valence-electron chi connectivity index (χ3n) is 19.6. The SMILES string of the molecule is CCCCCCCCOc1ccc(-c2ccc(C(=O)Oc3ccc(OCCCCCCC)c(F)c3F)cc2)cc1.CCCCCCCOc1ccc(-c2ccc(C(=O)Oc3ccc(OCCCCCCC)c(F)c3F)cc2)cc1.CCCCCCCOc1ccc(OC(=O)c2ccc(-c3ccc(OCCCCCC)cc3)cc2)c(F)c1F. The third-order valence-corrected chi connectivity index (χ3v) is 19.6. The molecule has 0 fully saturated rings. The van der Waals surface area contributed by atoms with Crippen LogP contribution in [0, 0.1) is 34.9 Å². The average Bonchev–Trinajstić information content (AvgIpc) is 0.830. The Labute approximate surface area is 690 Å². The van der Waals surface area contributed by atoms with Gasteiger partial charge in [-0.05, 0) is 181 Å². The van der Waals surface area contributed by atoms with Crippen LogP contribution in [0.5, 0.6) is 51.7 Å². The molecule has 0 aliphatic carbocycles. The van der Waals surface area contributed by atoms with Crippen molar-refractivity contribution in [3.05, 3.63) is 234 Å². The van der Waals surface area contributed by atoms with Crippen LogP contribution < -0.4 is 42.6 Å². The van der Waals surface area contributed by atoms with Gasteiger partial charge in [-0.3, -0.25) is 0 Å². The van der Waals surface area contributed by atoms with Crippen LogP contribution in [-0.4, -0.2) is 57.5 Å². The fourth-order valence-electron chi connectivity index (χ4n) is 12.6. The minimum atomic E-state index is -1.24. The second-order valence-corrected chi connectivity index (χ2v) is 29.1. The number of hydrogen-bond donors (Lipinski definition) is 0. The molecule has 18 heteroatoms. The first-order valence-electron chi connectivity index (χ1n) is 42.6. The predicted octanol–water partition coefficient (Wildman–Crippen LogP) is 28.6. The van der Waals surface area contributed by atoms with Crippen molar-refractivity contribution in [2.45, 2.75) is 234 Å². The number of halogens is 6. The Kier molecular flexibility index (Phi) is 43.9. The number of benzene rings is 9. The highest BCUT2D eigenvalue weighted by Crippen LogP contribution is 2.34. The minimum absolute atomic E-state index is 0.184. The molecule has 0 amide bonds. The first kappa shape index (κ1) is 93.9. The lowest BCUT2D eigenvalue weighted by atomic mass is 10.0. The number of esters is 3. The van der Waals surface area contributed by atoms with E-state index >= 15 is 0 Å². The third kappa shape index (κ3) is 33.4. The van der Waals surface area contributed by atoms with Crippen LogP contribution in [0.25, 0.3) is 33.4 Å². The highest BCUT2D eigenvalue weighted by molar-refractivity contribution is 5.93. The summed E-state index contributed by atoms with van der Waals surface area (Å²) in [5.41, 5.74) is 6.33. The van der Waals surface area contributed by atoms with Gasteiger partial charge in [0.05, 0.1) is 56.3 Å². The first-order chi connectivity index (χ1) is 57.1. The van der Waals surface area contributed by atoms with E-state index in [0.29, 0.717) is 39.6 Å².